The van der Waals surface area contributed by atoms with Crippen molar-refractivity contribution < 1.29 is 9.59 Å². The monoisotopic (exact) mass is 400 g/mol. The fraction of sp³-hybridized carbons (Fsp3) is 0.208. The van der Waals surface area contributed by atoms with Gasteiger partial charge in [0, 0.05) is 37.9 Å². The van der Waals surface area contributed by atoms with Crippen molar-refractivity contribution in [1.29, 1.82) is 0 Å². The van der Waals surface area contributed by atoms with E-state index in [1.54, 1.807) is 18.3 Å². The Labute approximate surface area is 176 Å². The molecule has 0 spiro atoms. The van der Waals surface area contributed by atoms with E-state index in [1.165, 1.54) is 0 Å². The number of hydrogen-bond acceptors (Lipinski definition) is 4. The number of piperazine rings is 1. The Balaban J connectivity index is 1.48. The highest BCUT2D eigenvalue weighted by atomic mass is 16.2. The first-order valence-corrected chi connectivity index (χ1v) is 10.1. The lowest BCUT2D eigenvalue weighted by atomic mass is 10.0. The lowest BCUT2D eigenvalue weighted by Gasteiger charge is -2.37. The molecule has 3 aromatic rings. The molecule has 2 heterocycles. The summed E-state index contributed by atoms with van der Waals surface area (Å²) in [6.45, 7) is 2.58. The van der Waals surface area contributed by atoms with Crippen LogP contribution >= 0.6 is 0 Å². The minimum absolute atomic E-state index is 0.0915. The third-order valence-corrected chi connectivity index (χ3v) is 5.26. The first-order chi connectivity index (χ1) is 14.7. The van der Waals surface area contributed by atoms with E-state index < -0.39 is 6.04 Å². The van der Waals surface area contributed by atoms with Crippen LogP contribution in [-0.4, -0.2) is 47.9 Å². The third kappa shape index (κ3) is 4.49. The molecule has 2 amide bonds. The Bertz CT molecular complexity index is 972. The van der Waals surface area contributed by atoms with Crippen molar-refractivity contribution in [3.05, 3.63) is 96.2 Å². The molecule has 1 aliphatic rings. The van der Waals surface area contributed by atoms with E-state index >= 15 is 0 Å². The average molecular weight is 400 g/mol. The van der Waals surface area contributed by atoms with E-state index in [0.717, 1.165) is 11.4 Å². The minimum atomic E-state index is -0.722. The van der Waals surface area contributed by atoms with Crippen LogP contribution in [0.4, 0.5) is 5.82 Å². The minimum Gasteiger partial charge on any atom is -0.353 e. The molecule has 0 bridgehead atoms. The number of nitrogens with one attached hydrogen (secondary N) is 1. The molecule has 1 unspecified atom stereocenters. The van der Waals surface area contributed by atoms with Gasteiger partial charge in [0.1, 0.15) is 11.9 Å². The zero-order valence-corrected chi connectivity index (χ0v) is 16.6. The SMILES string of the molecule is O=C(NC(C(=O)N1CCN(c2ccccn2)CC1)c1ccccc1)c1ccccc1. The van der Waals surface area contributed by atoms with E-state index in [-0.39, 0.29) is 11.8 Å². The number of amides is 2. The number of benzene rings is 2. The van der Waals surface area contributed by atoms with Crippen molar-refractivity contribution in [2.75, 3.05) is 31.1 Å². The van der Waals surface area contributed by atoms with Crippen LogP contribution in [0.2, 0.25) is 0 Å². The third-order valence-electron chi connectivity index (χ3n) is 5.26. The van der Waals surface area contributed by atoms with Crippen molar-refractivity contribution in [2.24, 2.45) is 0 Å². The predicted molar refractivity (Wildman–Crippen MR) is 116 cm³/mol. The second-order valence-corrected chi connectivity index (χ2v) is 7.18. The van der Waals surface area contributed by atoms with Crippen molar-refractivity contribution in [3.63, 3.8) is 0 Å². The zero-order chi connectivity index (χ0) is 20.8. The lowest BCUT2D eigenvalue weighted by molar-refractivity contribution is -0.133. The van der Waals surface area contributed by atoms with Crippen LogP contribution in [-0.2, 0) is 4.79 Å². The van der Waals surface area contributed by atoms with Crippen LogP contribution in [0.15, 0.2) is 85.1 Å². The highest BCUT2D eigenvalue weighted by Gasteiger charge is 2.30. The number of carbonyl (C=O) groups excluding carboxylic acids is 2. The summed E-state index contributed by atoms with van der Waals surface area (Å²) >= 11 is 0. The highest BCUT2D eigenvalue weighted by molar-refractivity contribution is 5.97. The van der Waals surface area contributed by atoms with Gasteiger partial charge in [-0.3, -0.25) is 9.59 Å². The molecule has 1 saturated heterocycles. The Hall–Kier alpha value is -3.67. The van der Waals surface area contributed by atoms with E-state index in [0.29, 0.717) is 31.7 Å². The molecule has 30 heavy (non-hydrogen) atoms. The number of rotatable bonds is 5. The van der Waals surface area contributed by atoms with Crippen molar-refractivity contribution in [1.82, 2.24) is 15.2 Å². The first kappa shape index (κ1) is 19.6. The summed E-state index contributed by atoms with van der Waals surface area (Å²) in [5.74, 6) is 0.567. The summed E-state index contributed by atoms with van der Waals surface area (Å²) in [7, 11) is 0. The fourth-order valence-corrected chi connectivity index (χ4v) is 3.62. The second kappa shape index (κ2) is 9.22. The summed E-state index contributed by atoms with van der Waals surface area (Å²) in [6.07, 6.45) is 1.78. The Morgan fingerprint density at radius 3 is 2.07 bits per heavy atom. The van der Waals surface area contributed by atoms with Gasteiger partial charge in [0.05, 0.1) is 0 Å². The number of carbonyl (C=O) groups is 2. The molecule has 0 aliphatic carbocycles. The number of pyridine rings is 1. The number of aromatic nitrogens is 1. The molecule has 1 N–H and O–H groups in total. The van der Waals surface area contributed by atoms with Gasteiger partial charge in [0.15, 0.2) is 0 Å². The van der Waals surface area contributed by atoms with Crippen molar-refractivity contribution >= 4 is 17.6 Å². The molecule has 6 nitrogen and oxygen atoms in total. The van der Waals surface area contributed by atoms with Gasteiger partial charge in [-0.2, -0.15) is 0 Å². The largest absolute Gasteiger partial charge is 0.353 e. The standard InChI is InChI=1S/C24H24N4O2/c29-23(20-11-5-2-6-12-20)26-22(19-9-3-1-4-10-19)24(30)28-17-15-27(16-18-28)21-13-7-8-14-25-21/h1-14,22H,15-18H2,(H,26,29). The summed E-state index contributed by atoms with van der Waals surface area (Å²) in [5, 5.41) is 2.93. The normalized spacial score (nSPS) is 14.8. The maximum Gasteiger partial charge on any atom is 0.252 e. The molecule has 2 aromatic carbocycles. The number of hydrogen-bond donors (Lipinski definition) is 1. The highest BCUT2D eigenvalue weighted by Crippen LogP contribution is 2.19. The van der Waals surface area contributed by atoms with Crippen molar-refractivity contribution in [3.8, 4) is 0 Å². The van der Waals surface area contributed by atoms with E-state index in [2.05, 4.69) is 15.2 Å². The van der Waals surface area contributed by atoms with Gasteiger partial charge in [-0.25, -0.2) is 4.98 Å². The summed E-state index contributed by atoms with van der Waals surface area (Å²) in [4.78, 5) is 34.5. The van der Waals surface area contributed by atoms with Gasteiger partial charge in [0.2, 0.25) is 5.91 Å². The van der Waals surface area contributed by atoms with Gasteiger partial charge in [-0.05, 0) is 29.8 Å². The zero-order valence-electron chi connectivity index (χ0n) is 16.6. The molecule has 1 fully saturated rings. The van der Waals surface area contributed by atoms with Gasteiger partial charge < -0.3 is 15.1 Å². The van der Waals surface area contributed by atoms with Crippen LogP contribution in [0, 0.1) is 0 Å². The first-order valence-electron chi connectivity index (χ1n) is 10.1. The molecule has 1 aliphatic heterocycles. The molecular weight excluding hydrogens is 376 g/mol. The predicted octanol–water partition coefficient (Wildman–Crippen LogP) is 2.90. The summed E-state index contributed by atoms with van der Waals surface area (Å²) in [6, 6.07) is 23.5. The number of nitrogens with zero attached hydrogens (tertiary/aromatic N) is 3. The molecule has 1 aromatic heterocycles. The lowest BCUT2D eigenvalue weighted by Crippen LogP contribution is -2.52. The fourth-order valence-electron chi connectivity index (χ4n) is 3.62. The van der Waals surface area contributed by atoms with Crippen LogP contribution < -0.4 is 10.2 Å². The average Bonchev–Trinajstić information content (AvgIpc) is 2.84. The molecule has 0 radical (unpaired) electrons. The Morgan fingerprint density at radius 2 is 1.43 bits per heavy atom. The topological polar surface area (TPSA) is 65.5 Å². The van der Waals surface area contributed by atoms with Gasteiger partial charge >= 0.3 is 0 Å². The van der Waals surface area contributed by atoms with Gasteiger partial charge in [0.25, 0.3) is 5.91 Å². The van der Waals surface area contributed by atoms with Gasteiger partial charge in [-0.1, -0.05) is 54.6 Å². The van der Waals surface area contributed by atoms with E-state index in [9.17, 15) is 9.59 Å². The van der Waals surface area contributed by atoms with E-state index in [1.807, 2.05) is 71.6 Å². The molecular formula is C24H24N4O2. The maximum atomic E-state index is 13.4. The summed E-state index contributed by atoms with van der Waals surface area (Å²) in [5.41, 5.74) is 1.31. The van der Waals surface area contributed by atoms with Crippen LogP contribution in [0.5, 0.6) is 0 Å². The maximum absolute atomic E-state index is 13.4. The van der Waals surface area contributed by atoms with Crippen LogP contribution in [0.25, 0.3) is 0 Å². The van der Waals surface area contributed by atoms with E-state index in [4.69, 9.17) is 0 Å². The quantitative estimate of drug-likeness (QED) is 0.715. The molecule has 0 saturated carbocycles. The second-order valence-electron chi connectivity index (χ2n) is 7.18. The van der Waals surface area contributed by atoms with Gasteiger partial charge in [-0.15, -0.1) is 0 Å². The van der Waals surface area contributed by atoms with Crippen molar-refractivity contribution in [2.45, 2.75) is 6.04 Å². The summed E-state index contributed by atoms with van der Waals surface area (Å²) < 4.78 is 0. The smallest absolute Gasteiger partial charge is 0.252 e. The molecule has 4 rings (SSSR count). The molecule has 152 valence electrons. The van der Waals surface area contributed by atoms with Crippen LogP contribution in [0.1, 0.15) is 22.0 Å². The Morgan fingerprint density at radius 1 is 0.800 bits per heavy atom. The number of anilines is 1. The molecule has 6 heteroatoms. The Kier molecular flexibility index (Phi) is 6.03. The van der Waals surface area contributed by atoms with Crippen LogP contribution in [0.3, 0.4) is 0 Å². The molecule has 1 atom stereocenters.